The molecule has 1 saturated carbocycles. The van der Waals surface area contributed by atoms with Gasteiger partial charge in [0.25, 0.3) is 0 Å². The van der Waals surface area contributed by atoms with Crippen LogP contribution in [0.5, 0.6) is 0 Å². The van der Waals surface area contributed by atoms with Crippen molar-refractivity contribution in [3.63, 3.8) is 0 Å². The average Bonchev–Trinajstić information content (AvgIpc) is 2.45. The fourth-order valence-corrected chi connectivity index (χ4v) is 2.32. The largest absolute Gasteiger partial charge is 0.305 e. The van der Waals surface area contributed by atoms with E-state index in [-0.39, 0.29) is 5.54 Å². The van der Waals surface area contributed by atoms with Gasteiger partial charge in [-0.15, -0.1) is 0 Å². The second-order valence-electron chi connectivity index (χ2n) is 4.79. The number of hydrogen-bond acceptors (Lipinski definition) is 2. The van der Waals surface area contributed by atoms with E-state index in [9.17, 15) is 4.79 Å². The number of nitrogens with one attached hydrogen (secondary N) is 1. The van der Waals surface area contributed by atoms with Gasteiger partial charge in [-0.05, 0) is 32.2 Å². The van der Waals surface area contributed by atoms with E-state index in [0.29, 0.717) is 11.7 Å². The van der Waals surface area contributed by atoms with Crippen LogP contribution in [0.4, 0.5) is 0 Å². The second-order valence-corrected chi connectivity index (χ2v) is 4.79. The minimum Gasteiger partial charge on any atom is -0.305 e. The SMILES string of the molecule is CC1(C(=O)CC2CCC2)CCCN1. The summed E-state index contributed by atoms with van der Waals surface area (Å²) in [6.07, 6.45) is 6.92. The molecule has 2 heteroatoms. The van der Waals surface area contributed by atoms with E-state index in [1.807, 2.05) is 0 Å². The molecule has 1 unspecified atom stereocenters. The topological polar surface area (TPSA) is 29.1 Å². The van der Waals surface area contributed by atoms with E-state index in [1.54, 1.807) is 0 Å². The van der Waals surface area contributed by atoms with E-state index >= 15 is 0 Å². The van der Waals surface area contributed by atoms with Crippen molar-refractivity contribution >= 4 is 5.78 Å². The van der Waals surface area contributed by atoms with Crippen LogP contribution in [-0.2, 0) is 4.79 Å². The van der Waals surface area contributed by atoms with Crippen molar-refractivity contribution in [3.05, 3.63) is 0 Å². The molecule has 0 amide bonds. The Balaban J connectivity index is 1.87. The Morgan fingerprint density at radius 1 is 1.46 bits per heavy atom. The molecule has 1 saturated heterocycles. The van der Waals surface area contributed by atoms with Gasteiger partial charge >= 0.3 is 0 Å². The first-order chi connectivity index (χ1) is 6.21. The van der Waals surface area contributed by atoms with Crippen LogP contribution in [0.2, 0.25) is 0 Å². The number of carbonyl (C=O) groups is 1. The van der Waals surface area contributed by atoms with E-state index < -0.39 is 0 Å². The molecule has 74 valence electrons. The van der Waals surface area contributed by atoms with Gasteiger partial charge < -0.3 is 5.32 Å². The van der Waals surface area contributed by atoms with Crippen LogP contribution in [0.3, 0.4) is 0 Å². The molecule has 0 aromatic heterocycles. The van der Waals surface area contributed by atoms with Crippen LogP contribution < -0.4 is 5.32 Å². The summed E-state index contributed by atoms with van der Waals surface area (Å²) in [5, 5.41) is 3.34. The van der Waals surface area contributed by atoms with E-state index in [2.05, 4.69) is 12.2 Å². The fourth-order valence-electron chi connectivity index (χ4n) is 2.32. The highest BCUT2D eigenvalue weighted by Gasteiger charge is 2.37. The molecule has 0 bridgehead atoms. The number of Topliss-reactive ketones (excluding diaryl/α,β-unsaturated/α-hetero) is 1. The lowest BCUT2D eigenvalue weighted by molar-refractivity contribution is -0.125. The number of ketones is 1. The van der Waals surface area contributed by atoms with Gasteiger partial charge in [-0.1, -0.05) is 19.3 Å². The molecule has 2 rings (SSSR count). The Labute approximate surface area is 80.1 Å². The normalized spacial score (nSPS) is 34.5. The van der Waals surface area contributed by atoms with Gasteiger partial charge in [0.15, 0.2) is 5.78 Å². The second kappa shape index (κ2) is 3.41. The summed E-state index contributed by atoms with van der Waals surface area (Å²) in [5.74, 6) is 1.17. The number of hydrogen-bond donors (Lipinski definition) is 1. The van der Waals surface area contributed by atoms with Crippen molar-refractivity contribution in [1.82, 2.24) is 5.32 Å². The lowest BCUT2D eigenvalue weighted by Gasteiger charge is -2.29. The van der Waals surface area contributed by atoms with Crippen molar-refractivity contribution in [3.8, 4) is 0 Å². The molecule has 1 aliphatic carbocycles. The van der Waals surface area contributed by atoms with Crippen LogP contribution in [0.25, 0.3) is 0 Å². The Hall–Kier alpha value is -0.370. The first-order valence-corrected chi connectivity index (χ1v) is 5.49. The van der Waals surface area contributed by atoms with Crippen molar-refractivity contribution in [2.45, 2.75) is 51.0 Å². The van der Waals surface area contributed by atoms with Crippen molar-refractivity contribution in [2.75, 3.05) is 6.54 Å². The zero-order chi connectivity index (χ0) is 9.31. The summed E-state index contributed by atoms with van der Waals surface area (Å²) in [7, 11) is 0. The van der Waals surface area contributed by atoms with Gasteiger partial charge in [0.2, 0.25) is 0 Å². The molecule has 0 spiro atoms. The smallest absolute Gasteiger partial charge is 0.152 e. The molecule has 1 aliphatic heterocycles. The summed E-state index contributed by atoms with van der Waals surface area (Å²) in [6.45, 7) is 3.09. The first kappa shape index (κ1) is 9.20. The average molecular weight is 181 g/mol. The minimum atomic E-state index is -0.171. The zero-order valence-electron chi connectivity index (χ0n) is 8.44. The maximum absolute atomic E-state index is 11.9. The molecule has 1 N–H and O–H groups in total. The summed E-state index contributed by atoms with van der Waals surface area (Å²) in [4.78, 5) is 11.9. The third kappa shape index (κ3) is 1.78. The minimum absolute atomic E-state index is 0.171. The highest BCUT2D eigenvalue weighted by Crippen LogP contribution is 2.32. The Bertz CT molecular complexity index is 202. The zero-order valence-corrected chi connectivity index (χ0v) is 8.44. The summed E-state index contributed by atoms with van der Waals surface area (Å²) >= 11 is 0. The molecule has 0 aromatic rings. The lowest BCUT2D eigenvalue weighted by atomic mass is 9.78. The van der Waals surface area contributed by atoms with Crippen molar-refractivity contribution in [1.29, 1.82) is 0 Å². The number of carbonyl (C=O) groups excluding carboxylic acids is 1. The van der Waals surface area contributed by atoms with Gasteiger partial charge in [-0.3, -0.25) is 4.79 Å². The molecular weight excluding hydrogens is 162 g/mol. The Kier molecular flexibility index (Phi) is 2.41. The Morgan fingerprint density at radius 2 is 2.23 bits per heavy atom. The Morgan fingerprint density at radius 3 is 2.69 bits per heavy atom. The van der Waals surface area contributed by atoms with Crippen LogP contribution in [0, 0.1) is 5.92 Å². The summed E-state index contributed by atoms with van der Waals surface area (Å²) < 4.78 is 0. The van der Waals surface area contributed by atoms with Crippen LogP contribution >= 0.6 is 0 Å². The van der Waals surface area contributed by atoms with E-state index in [1.165, 1.54) is 19.3 Å². The molecule has 0 aromatic carbocycles. The van der Waals surface area contributed by atoms with Crippen LogP contribution in [-0.4, -0.2) is 17.9 Å². The summed E-state index contributed by atoms with van der Waals surface area (Å²) in [5.41, 5.74) is -0.171. The number of rotatable bonds is 3. The highest BCUT2D eigenvalue weighted by molar-refractivity contribution is 5.88. The standard InChI is InChI=1S/C11H19NO/c1-11(6-3-7-12-11)10(13)8-9-4-2-5-9/h9,12H,2-8H2,1H3. The lowest BCUT2D eigenvalue weighted by Crippen LogP contribution is -2.45. The first-order valence-electron chi connectivity index (χ1n) is 5.49. The van der Waals surface area contributed by atoms with Gasteiger partial charge in [-0.2, -0.15) is 0 Å². The van der Waals surface area contributed by atoms with Crippen molar-refractivity contribution in [2.24, 2.45) is 5.92 Å². The highest BCUT2D eigenvalue weighted by atomic mass is 16.1. The van der Waals surface area contributed by atoms with Gasteiger partial charge in [0.05, 0.1) is 5.54 Å². The van der Waals surface area contributed by atoms with E-state index in [4.69, 9.17) is 0 Å². The van der Waals surface area contributed by atoms with Crippen molar-refractivity contribution < 1.29 is 4.79 Å². The third-order valence-corrected chi connectivity index (χ3v) is 3.68. The third-order valence-electron chi connectivity index (χ3n) is 3.68. The van der Waals surface area contributed by atoms with Crippen LogP contribution in [0.1, 0.15) is 45.4 Å². The quantitative estimate of drug-likeness (QED) is 0.720. The van der Waals surface area contributed by atoms with Gasteiger partial charge in [0, 0.05) is 6.42 Å². The summed E-state index contributed by atoms with van der Waals surface area (Å²) in [6, 6.07) is 0. The monoisotopic (exact) mass is 181 g/mol. The molecule has 0 radical (unpaired) electrons. The maximum atomic E-state index is 11.9. The molecular formula is C11H19NO. The van der Waals surface area contributed by atoms with Gasteiger partial charge in [-0.25, -0.2) is 0 Å². The predicted octanol–water partition coefficient (Wildman–Crippen LogP) is 1.89. The molecule has 2 aliphatic rings. The molecule has 13 heavy (non-hydrogen) atoms. The van der Waals surface area contributed by atoms with Crippen LogP contribution in [0.15, 0.2) is 0 Å². The van der Waals surface area contributed by atoms with E-state index in [0.717, 1.165) is 25.8 Å². The van der Waals surface area contributed by atoms with Gasteiger partial charge in [0.1, 0.15) is 0 Å². The fraction of sp³-hybridized carbons (Fsp3) is 0.909. The maximum Gasteiger partial charge on any atom is 0.152 e. The molecule has 2 nitrogen and oxygen atoms in total. The molecule has 1 atom stereocenters. The molecule has 1 heterocycles. The molecule has 2 fully saturated rings. The predicted molar refractivity (Wildman–Crippen MR) is 52.6 cm³/mol.